The molecule has 1 N–H and O–H groups in total. The molecule has 1 unspecified atom stereocenters. The van der Waals surface area contributed by atoms with Crippen LogP contribution in [0.4, 0.5) is 10.5 Å². The molecule has 4 heteroatoms. The first-order valence-corrected chi connectivity index (χ1v) is 9.44. The molecule has 0 saturated carbocycles. The van der Waals surface area contributed by atoms with Crippen molar-refractivity contribution in [2.75, 3.05) is 25.5 Å². The number of carbonyl (C=O) groups excluding carboxylic acids is 1. The molecule has 0 radical (unpaired) electrons. The molecule has 26 heavy (non-hydrogen) atoms. The highest BCUT2D eigenvalue weighted by Gasteiger charge is 2.33. The number of carbonyl (C=O) groups is 1. The normalized spacial score (nSPS) is 21.0. The number of likely N-dealkylation sites (N-methyl/N-ethyl adjacent to an activating group) is 1. The number of amides is 1. The molecule has 1 aliphatic heterocycles. The third-order valence-corrected chi connectivity index (χ3v) is 5.37. The van der Waals surface area contributed by atoms with Crippen molar-refractivity contribution in [3.8, 4) is 5.75 Å². The molecule has 1 atom stereocenters. The van der Waals surface area contributed by atoms with Gasteiger partial charge in [0, 0.05) is 17.6 Å². The molecule has 0 aliphatic carbocycles. The predicted octanol–water partition coefficient (Wildman–Crippen LogP) is 5.06. The number of benzene rings is 2. The Morgan fingerprint density at radius 2 is 1.96 bits per heavy atom. The number of hydrogen-bond donors (Lipinski definition) is 1. The lowest BCUT2D eigenvalue weighted by molar-refractivity contribution is 0.215. The molecule has 1 amide bonds. The zero-order valence-electron chi connectivity index (χ0n) is 15.7. The zero-order valence-corrected chi connectivity index (χ0v) is 15.7. The number of rotatable bonds is 4. The van der Waals surface area contributed by atoms with Crippen LogP contribution >= 0.6 is 0 Å². The van der Waals surface area contributed by atoms with Crippen molar-refractivity contribution in [1.82, 2.24) is 4.90 Å². The molecular weight excluding hydrogens is 324 g/mol. The van der Waals surface area contributed by atoms with Crippen LogP contribution in [0, 0.1) is 0 Å². The van der Waals surface area contributed by atoms with Gasteiger partial charge in [-0.05, 0) is 62.7 Å². The van der Waals surface area contributed by atoms with Crippen LogP contribution in [-0.2, 0) is 5.41 Å². The van der Waals surface area contributed by atoms with Gasteiger partial charge in [0.25, 0.3) is 0 Å². The van der Waals surface area contributed by atoms with Crippen LogP contribution in [0.1, 0.15) is 38.2 Å². The summed E-state index contributed by atoms with van der Waals surface area (Å²) in [6, 6.07) is 17.4. The van der Waals surface area contributed by atoms with E-state index in [1.54, 1.807) is 12.1 Å². The van der Waals surface area contributed by atoms with Crippen LogP contribution in [0.5, 0.6) is 5.75 Å². The Balaban J connectivity index is 1.75. The molecule has 1 aliphatic rings. The summed E-state index contributed by atoms with van der Waals surface area (Å²) in [4.78, 5) is 14.6. The number of likely N-dealkylation sites (tertiary alicyclic amines) is 1. The second-order valence-electron chi connectivity index (χ2n) is 7.24. The predicted molar refractivity (Wildman–Crippen MR) is 106 cm³/mol. The number of anilines is 1. The number of nitrogens with zero attached hydrogens (tertiary/aromatic N) is 1. The fourth-order valence-corrected chi connectivity index (χ4v) is 3.91. The van der Waals surface area contributed by atoms with Gasteiger partial charge in [-0.25, -0.2) is 4.79 Å². The Hall–Kier alpha value is -2.33. The summed E-state index contributed by atoms with van der Waals surface area (Å²) in [7, 11) is 2.20. The summed E-state index contributed by atoms with van der Waals surface area (Å²) in [6.45, 7) is 4.48. The van der Waals surface area contributed by atoms with E-state index in [9.17, 15) is 4.79 Å². The van der Waals surface area contributed by atoms with Crippen LogP contribution in [0.15, 0.2) is 54.6 Å². The monoisotopic (exact) mass is 352 g/mol. The number of ether oxygens (including phenoxy) is 1. The van der Waals surface area contributed by atoms with E-state index < -0.39 is 6.09 Å². The summed E-state index contributed by atoms with van der Waals surface area (Å²) < 4.78 is 5.33. The lowest BCUT2D eigenvalue weighted by Crippen LogP contribution is -2.37. The Kier molecular flexibility index (Phi) is 5.94. The average Bonchev–Trinajstić information content (AvgIpc) is 2.85. The third-order valence-electron chi connectivity index (χ3n) is 5.37. The van der Waals surface area contributed by atoms with Crippen molar-refractivity contribution in [2.24, 2.45) is 0 Å². The van der Waals surface area contributed by atoms with Gasteiger partial charge >= 0.3 is 6.09 Å². The topological polar surface area (TPSA) is 41.6 Å². The van der Waals surface area contributed by atoms with Crippen LogP contribution in [0.3, 0.4) is 0 Å². The minimum Gasteiger partial charge on any atom is -0.410 e. The molecule has 2 aromatic rings. The van der Waals surface area contributed by atoms with E-state index in [2.05, 4.69) is 36.3 Å². The van der Waals surface area contributed by atoms with Crippen molar-refractivity contribution in [2.45, 2.75) is 38.0 Å². The first-order chi connectivity index (χ1) is 12.6. The summed E-state index contributed by atoms with van der Waals surface area (Å²) >= 11 is 0. The first kappa shape index (κ1) is 18.5. The maximum absolute atomic E-state index is 12.2. The number of para-hydroxylation sites is 1. The molecule has 2 aromatic carbocycles. The summed E-state index contributed by atoms with van der Waals surface area (Å²) in [5.74, 6) is 0.538. The van der Waals surface area contributed by atoms with Crippen molar-refractivity contribution in [3.63, 3.8) is 0 Å². The van der Waals surface area contributed by atoms with Crippen LogP contribution in [-0.4, -0.2) is 31.1 Å². The molecule has 1 saturated heterocycles. The van der Waals surface area contributed by atoms with Crippen LogP contribution < -0.4 is 10.1 Å². The van der Waals surface area contributed by atoms with Crippen molar-refractivity contribution < 1.29 is 9.53 Å². The second kappa shape index (κ2) is 8.37. The second-order valence-corrected chi connectivity index (χ2v) is 7.24. The minimum atomic E-state index is -0.461. The maximum Gasteiger partial charge on any atom is 0.417 e. The van der Waals surface area contributed by atoms with Crippen LogP contribution in [0.25, 0.3) is 0 Å². The van der Waals surface area contributed by atoms with E-state index in [4.69, 9.17) is 4.74 Å². The minimum absolute atomic E-state index is 0.145. The maximum atomic E-state index is 12.2. The smallest absolute Gasteiger partial charge is 0.410 e. The Morgan fingerprint density at radius 1 is 1.15 bits per heavy atom. The fraction of sp³-hybridized carbons (Fsp3) is 0.409. The van der Waals surface area contributed by atoms with E-state index in [0.717, 1.165) is 25.2 Å². The van der Waals surface area contributed by atoms with Crippen molar-refractivity contribution in [3.05, 3.63) is 60.2 Å². The summed E-state index contributed by atoms with van der Waals surface area (Å²) in [6.07, 6.45) is 4.31. The van der Waals surface area contributed by atoms with Crippen molar-refractivity contribution in [1.29, 1.82) is 0 Å². The van der Waals surface area contributed by atoms with Gasteiger partial charge in [-0.1, -0.05) is 43.7 Å². The Bertz CT molecular complexity index is 732. The van der Waals surface area contributed by atoms with E-state index in [0.29, 0.717) is 5.75 Å². The van der Waals surface area contributed by atoms with Gasteiger partial charge in [0.05, 0.1) is 0 Å². The summed E-state index contributed by atoms with van der Waals surface area (Å²) in [5, 5.41) is 2.86. The highest BCUT2D eigenvalue weighted by atomic mass is 16.6. The molecule has 1 fully saturated rings. The van der Waals surface area contributed by atoms with Crippen LogP contribution in [0.2, 0.25) is 0 Å². The lowest BCUT2D eigenvalue weighted by Gasteiger charge is -2.35. The highest BCUT2D eigenvalue weighted by molar-refractivity contribution is 5.86. The van der Waals surface area contributed by atoms with Gasteiger partial charge < -0.3 is 9.64 Å². The van der Waals surface area contributed by atoms with Gasteiger partial charge in [0.15, 0.2) is 0 Å². The molecular formula is C22H28N2O2. The summed E-state index contributed by atoms with van der Waals surface area (Å²) in [5.41, 5.74) is 2.22. The molecule has 0 bridgehead atoms. The average molecular weight is 352 g/mol. The molecule has 138 valence electrons. The Morgan fingerprint density at radius 3 is 2.73 bits per heavy atom. The van der Waals surface area contributed by atoms with Gasteiger partial charge in [-0.15, -0.1) is 0 Å². The van der Waals surface area contributed by atoms with Crippen molar-refractivity contribution >= 4 is 11.8 Å². The molecule has 0 spiro atoms. The van der Waals surface area contributed by atoms with E-state index in [-0.39, 0.29) is 5.41 Å². The first-order valence-electron chi connectivity index (χ1n) is 9.44. The third kappa shape index (κ3) is 4.44. The molecule has 0 aromatic heterocycles. The fourth-order valence-electron chi connectivity index (χ4n) is 3.91. The van der Waals surface area contributed by atoms with Gasteiger partial charge in [-0.2, -0.15) is 0 Å². The zero-order chi connectivity index (χ0) is 18.4. The van der Waals surface area contributed by atoms with E-state index in [1.807, 2.05) is 30.3 Å². The number of hydrogen-bond acceptors (Lipinski definition) is 3. The quantitative estimate of drug-likeness (QED) is 0.836. The standard InChI is InChI=1S/C22H28N2O2/c1-3-22(14-7-8-15-24(2)17-22)18-10-9-11-19(16-18)23-21(25)26-20-12-5-4-6-13-20/h4-6,9-13,16H,3,7-8,14-15,17H2,1-2H3,(H,23,25). The van der Waals surface area contributed by atoms with E-state index in [1.165, 1.54) is 24.8 Å². The molecule has 3 rings (SSSR count). The van der Waals surface area contributed by atoms with Gasteiger partial charge in [0.2, 0.25) is 0 Å². The lowest BCUT2D eigenvalue weighted by atomic mass is 9.74. The Labute approximate surface area is 156 Å². The van der Waals surface area contributed by atoms with E-state index >= 15 is 0 Å². The molecule has 4 nitrogen and oxygen atoms in total. The largest absolute Gasteiger partial charge is 0.417 e. The molecule has 1 heterocycles. The van der Waals surface area contributed by atoms with Gasteiger partial charge in [-0.3, -0.25) is 5.32 Å². The highest BCUT2D eigenvalue weighted by Crippen LogP contribution is 2.37. The SMILES string of the molecule is CCC1(c2cccc(NC(=O)Oc3ccccc3)c2)CCCCN(C)C1. The number of nitrogens with one attached hydrogen (secondary N) is 1. The van der Waals surface area contributed by atoms with Gasteiger partial charge in [0.1, 0.15) is 5.75 Å².